The van der Waals surface area contributed by atoms with Crippen molar-refractivity contribution in [3.63, 3.8) is 0 Å². The number of aliphatic hydroxyl groups is 1. The Balaban J connectivity index is 1.51. The summed E-state index contributed by atoms with van der Waals surface area (Å²) in [6.07, 6.45) is -0.780. The Hall–Kier alpha value is -6.65. The lowest BCUT2D eigenvalue weighted by Crippen LogP contribution is -2.36. The molecule has 7 rings (SSSR count). The van der Waals surface area contributed by atoms with Crippen LogP contribution in [0.5, 0.6) is 17.2 Å². The van der Waals surface area contributed by atoms with Crippen LogP contribution in [0.4, 0.5) is 4.79 Å². The van der Waals surface area contributed by atoms with Crippen molar-refractivity contribution in [2.24, 2.45) is 0 Å². The number of nitrogens with one attached hydrogen (secondary N) is 2. The number of hydrogen-bond donors (Lipinski definition) is 3. The number of sulfone groups is 1. The minimum absolute atomic E-state index is 0.120. The second-order valence-electron chi connectivity index (χ2n) is 19.1. The van der Waals surface area contributed by atoms with Crippen LogP contribution in [0.3, 0.4) is 0 Å². The number of tetrazole rings is 1. The van der Waals surface area contributed by atoms with E-state index in [1.807, 2.05) is 31.8 Å². The fraction of sp³-hybridized carbons (Fsp3) is 0.340. The summed E-state index contributed by atoms with van der Waals surface area (Å²) in [6.45, 7) is 10.5. The van der Waals surface area contributed by atoms with Crippen molar-refractivity contribution in [3.05, 3.63) is 126 Å². The van der Waals surface area contributed by atoms with Gasteiger partial charge in [-0.15, -0.1) is 10.2 Å². The minimum atomic E-state index is -4.91. The first-order valence-electron chi connectivity index (χ1n) is 22.8. The minimum Gasteiger partial charge on any atom is -0.497 e. The highest BCUT2D eigenvalue weighted by Gasteiger charge is 2.39. The van der Waals surface area contributed by atoms with Gasteiger partial charge in [0.1, 0.15) is 39.6 Å². The Labute approximate surface area is 415 Å². The quantitative estimate of drug-likeness (QED) is 0.0614. The smallest absolute Gasteiger partial charge is 0.408 e. The molecule has 1 unspecified atom stereocenters. The average Bonchev–Trinajstić information content (AvgIpc) is 3.99. The van der Waals surface area contributed by atoms with Crippen LogP contribution in [-0.2, 0) is 44.2 Å². The molecule has 0 bridgehead atoms. The maximum atomic E-state index is 16.2. The van der Waals surface area contributed by atoms with E-state index in [9.17, 15) is 9.90 Å². The summed E-state index contributed by atoms with van der Waals surface area (Å²) in [5.41, 5.74) is 2.37. The average molecular weight is 1030 g/mol. The molecule has 71 heavy (non-hydrogen) atoms. The molecule has 0 aliphatic carbocycles. The molecule has 0 radical (unpaired) electrons. The predicted molar refractivity (Wildman–Crippen MR) is 272 cm³/mol. The first-order chi connectivity index (χ1) is 33.6. The number of rotatable bonds is 20. The zero-order chi connectivity index (χ0) is 51.3. The van der Waals surface area contributed by atoms with Crippen LogP contribution in [0.1, 0.15) is 49.3 Å². The Kier molecular flexibility index (Phi) is 15.7. The number of alkyl carbamates (subject to hydrolysis) is 1. The maximum absolute atomic E-state index is 16.2. The number of benzene rings is 5. The summed E-state index contributed by atoms with van der Waals surface area (Å²) in [5, 5.41) is 26.8. The van der Waals surface area contributed by atoms with Crippen LogP contribution in [0.25, 0.3) is 33.5 Å². The number of para-hydroxylation sites is 1. The third kappa shape index (κ3) is 12.6. The van der Waals surface area contributed by atoms with E-state index in [0.29, 0.717) is 51.0 Å². The SMILES string of the molecule is COc1ccc(CN(Cc2ccc(OC)cc2)S(=O)(=O)c2c(S(=O)(=O)CC[Si](C)(C)C)ccc(-c3cccc4[nH]c(C(CO)NC(=O)OC(C)(C)C)nc34)c2-c2nnn(Cc3ccc(OC)cc3)n2)cc1. The van der Waals surface area contributed by atoms with Gasteiger partial charge in [0.2, 0.25) is 15.8 Å². The van der Waals surface area contributed by atoms with Crippen molar-refractivity contribution < 1.29 is 45.7 Å². The molecule has 1 amide bonds. The molecule has 1 atom stereocenters. The number of fused-ring (bicyclic) bond motifs is 1. The van der Waals surface area contributed by atoms with E-state index in [1.54, 1.807) is 113 Å². The van der Waals surface area contributed by atoms with E-state index < -0.39 is 62.1 Å². The van der Waals surface area contributed by atoms with Gasteiger partial charge in [0, 0.05) is 26.7 Å². The van der Waals surface area contributed by atoms with Crippen LogP contribution in [0.15, 0.2) is 113 Å². The molecule has 21 heteroatoms. The van der Waals surface area contributed by atoms with Gasteiger partial charge in [-0.3, -0.25) is 0 Å². The van der Waals surface area contributed by atoms with Gasteiger partial charge in [0.05, 0.1) is 61.7 Å². The molecule has 0 aliphatic rings. The molecule has 376 valence electrons. The fourth-order valence-electron chi connectivity index (χ4n) is 7.67. The number of hydrogen-bond acceptors (Lipinski definition) is 14. The predicted octanol–water partition coefficient (Wildman–Crippen LogP) is 8.02. The molecule has 0 spiro atoms. The highest BCUT2D eigenvalue weighted by Crippen LogP contribution is 2.43. The third-order valence-electron chi connectivity index (χ3n) is 11.4. The van der Waals surface area contributed by atoms with Gasteiger partial charge >= 0.3 is 6.09 Å². The highest BCUT2D eigenvalue weighted by atomic mass is 32.2. The standard InChI is InChI=1S/C50H60N8O10S2Si/c1-50(2,3)68-49(60)52-42(32-59)47-51-41-12-10-11-40(45(41)53-47)39-25-26-43(69(61,62)27-28-71(7,8)9)46(44(39)48-54-56-58(55-48)31-35-17-23-38(67-6)24-18-35)70(63,64)57(29-33-13-19-36(65-4)20-14-33)30-34-15-21-37(66-5)22-16-34/h10-26,42,59H,27-32H2,1-9H3,(H,51,53)(H,52,60). The second kappa shape index (κ2) is 21.4. The number of ether oxygens (including phenoxy) is 4. The molecular formula is C50H60N8O10S2Si. The summed E-state index contributed by atoms with van der Waals surface area (Å²) < 4.78 is 85.3. The molecule has 5 aromatic carbocycles. The zero-order valence-electron chi connectivity index (χ0n) is 41.3. The van der Waals surface area contributed by atoms with Crippen molar-refractivity contribution in [3.8, 4) is 39.8 Å². The number of amides is 1. The summed E-state index contributed by atoms with van der Waals surface area (Å²) >= 11 is 0. The number of sulfonamides is 1. The molecule has 0 saturated carbocycles. The van der Waals surface area contributed by atoms with Crippen LogP contribution in [0, 0.1) is 0 Å². The van der Waals surface area contributed by atoms with E-state index in [0.717, 1.165) is 5.56 Å². The molecule has 0 aliphatic heterocycles. The van der Waals surface area contributed by atoms with E-state index in [-0.39, 0.29) is 48.2 Å². The lowest BCUT2D eigenvalue weighted by molar-refractivity contribution is 0.0478. The Morgan fingerprint density at radius 3 is 1.87 bits per heavy atom. The Morgan fingerprint density at radius 1 is 0.789 bits per heavy atom. The highest BCUT2D eigenvalue weighted by molar-refractivity contribution is 7.93. The fourth-order valence-corrected chi connectivity index (χ4v) is 14.5. The van der Waals surface area contributed by atoms with E-state index in [1.165, 1.54) is 29.4 Å². The van der Waals surface area contributed by atoms with Gasteiger partial charge in [-0.2, -0.15) is 9.10 Å². The van der Waals surface area contributed by atoms with Gasteiger partial charge in [-0.25, -0.2) is 26.6 Å². The maximum Gasteiger partial charge on any atom is 0.408 e. The van der Waals surface area contributed by atoms with Crippen molar-refractivity contribution in [2.45, 2.75) is 87.5 Å². The topological polar surface area (TPSA) is 230 Å². The van der Waals surface area contributed by atoms with Gasteiger partial charge in [-0.1, -0.05) is 74.2 Å². The molecule has 0 saturated heterocycles. The van der Waals surface area contributed by atoms with Gasteiger partial charge in [0.15, 0.2) is 9.84 Å². The van der Waals surface area contributed by atoms with E-state index >= 15 is 16.8 Å². The molecule has 7 aromatic rings. The van der Waals surface area contributed by atoms with E-state index in [4.69, 9.17) is 29.0 Å². The number of carbonyl (C=O) groups excluding carboxylic acids is 1. The number of carbonyl (C=O) groups is 1. The summed E-state index contributed by atoms with van der Waals surface area (Å²) in [7, 11) is -6.65. The number of imidazole rings is 1. The molecular weight excluding hydrogens is 965 g/mol. The van der Waals surface area contributed by atoms with Gasteiger partial charge < -0.3 is 34.4 Å². The lowest BCUT2D eigenvalue weighted by atomic mass is 9.98. The van der Waals surface area contributed by atoms with Crippen molar-refractivity contribution >= 4 is 45.1 Å². The number of H-pyrrole nitrogens is 1. The van der Waals surface area contributed by atoms with Crippen molar-refractivity contribution in [2.75, 3.05) is 33.7 Å². The summed E-state index contributed by atoms with van der Waals surface area (Å²) in [4.78, 5) is 21.3. The molecule has 2 aromatic heterocycles. The van der Waals surface area contributed by atoms with Crippen molar-refractivity contribution in [1.29, 1.82) is 0 Å². The Bertz CT molecular complexity index is 3160. The van der Waals surface area contributed by atoms with Gasteiger partial charge in [0.25, 0.3) is 0 Å². The van der Waals surface area contributed by atoms with Crippen LogP contribution >= 0.6 is 0 Å². The number of aromatic amines is 1. The number of nitrogens with zero attached hydrogens (tertiary/aromatic N) is 6. The number of aliphatic hydroxyl groups excluding tert-OH is 1. The van der Waals surface area contributed by atoms with Gasteiger partial charge in [-0.05, 0) is 103 Å². The molecule has 3 N–H and O–H groups in total. The largest absolute Gasteiger partial charge is 0.497 e. The first-order valence-corrected chi connectivity index (χ1v) is 29.6. The van der Waals surface area contributed by atoms with Crippen LogP contribution in [-0.4, -0.2) is 110 Å². The van der Waals surface area contributed by atoms with Crippen molar-refractivity contribution in [1.82, 2.24) is 39.8 Å². The number of methoxy groups -OCH3 is 3. The van der Waals surface area contributed by atoms with E-state index in [2.05, 4.69) is 20.6 Å². The number of aromatic nitrogens is 6. The van der Waals surface area contributed by atoms with Crippen LogP contribution < -0.4 is 19.5 Å². The second-order valence-corrected chi connectivity index (χ2v) is 28.7. The molecule has 2 heterocycles. The van der Waals surface area contributed by atoms with Crippen LogP contribution in [0.2, 0.25) is 25.7 Å². The Morgan fingerprint density at radius 2 is 1.35 bits per heavy atom. The third-order valence-corrected chi connectivity index (χ3v) is 17.3. The molecule has 18 nitrogen and oxygen atoms in total. The molecule has 0 fully saturated rings. The lowest BCUT2D eigenvalue weighted by Gasteiger charge is -2.26. The summed E-state index contributed by atoms with van der Waals surface area (Å²) in [6, 6.07) is 28.5. The zero-order valence-corrected chi connectivity index (χ0v) is 43.9. The monoisotopic (exact) mass is 1020 g/mol. The summed E-state index contributed by atoms with van der Waals surface area (Å²) in [5.74, 6) is 1.46. The first kappa shape index (κ1) is 52.2. The normalized spacial score (nSPS) is 12.8.